The normalized spacial score (nSPS) is 10.5. The number of aliphatic hydroxyl groups is 1. The third kappa shape index (κ3) is 6.65. The van der Waals surface area contributed by atoms with E-state index in [-0.39, 0.29) is 12.5 Å². The molecule has 2 aromatic carbocycles. The largest absolute Gasteiger partial charge is 0.392 e. The van der Waals surface area contributed by atoms with Crippen molar-refractivity contribution in [1.82, 2.24) is 5.32 Å². The molecule has 2 N–H and O–H groups in total. The molecular weight excluding hydrogens is 330 g/mol. The maximum absolute atomic E-state index is 11.8. The van der Waals surface area contributed by atoms with Crippen molar-refractivity contribution in [1.29, 1.82) is 0 Å². The topological polar surface area (TPSA) is 49.3 Å². The van der Waals surface area contributed by atoms with Gasteiger partial charge in [-0.05, 0) is 35.2 Å². The summed E-state index contributed by atoms with van der Waals surface area (Å²) in [5, 5.41) is 12.6. The van der Waals surface area contributed by atoms with Crippen molar-refractivity contribution in [3.8, 4) is 0 Å². The minimum absolute atomic E-state index is 0.0518. The standard InChI is InChI=1S/C18H20ClNO2S/c19-17-7-5-16(6-8-17)12-23-13-18(22)20-10-9-14-1-3-15(11-21)4-2-14/h1-8,21H,9-13H2,(H,20,22). The number of thioether (sulfide) groups is 1. The van der Waals surface area contributed by atoms with Crippen LogP contribution < -0.4 is 5.32 Å². The first-order chi connectivity index (χ1) is 11.2. The number of halogens is 1. The van der Waals surface area contributed by atoms with Gasteiger partial charge >= 0.3 is 0 Å². The Hall–Kier alpha value is -1.49. The fourth-order valence-electron chi connectivity index (χ4n) is 2.05. The van der Waals surface area contributed by atoms with E-state index in [4.69, 9.17) is 16.7 Å². The van der Waals surface area contributed by atoms with Crippen LogP contribution in [0.4, 0.5) is 0 Å². The summed E-state index contributed by atoms with van der Waals surface area (Å²) in [6.45, 7) is 0.681. The maximum Gasteiger partial charge on any atom is 0.230 e. The summed E-state index contributed by atoms with van der Waals surface area (Å²) < 4.78 is 0. The van der Waals surface area contributed by atoms with Gasteiger partial charge in [0.2, 0.25) is 5.91 Å². The van der Waals surface area contributed by atoms with Crippen molar-refractivity contribution in [2.45, 2.75) is 18.8 Å². The molecule has 0 saturated carbocycles. The number of carbonyl (C=O) groups excluding carboxylic acids is 1. The number of amides is 1. The van der Waals surface area contributed by atoms with Gasteiger partial charge in [-0.25, -0.2) is 0 Å². The van der Waals surface area contributed by atoms with E-state index in [9.17, 15) is 4.79 Å². The Morgan fingerprint density at radius 2 is 1.61 bits per heavy atom. The molecule has 2 rings (SSSR count). The SMILES string of the molecule is O=C(CSCc1ccc(Cl)cc1)NCCc1ccc(CO)cc1. The molecule has 0 aromatic heterocycles. The lowest BCUT2D eigenvalue weighted by Gasteiger charge is -2.06. The third-order valence-electron chi connectivity index (χ3n) is 3.36. The molecule has 0 fully saturated rings. The Morgan fingerprint density at radius 1 is 1.00 bits per heavy atom. The molecule has 0 spiro atoms. The molecule has 0 heterocycles. The lowest BCUT2D eigenvalue weighted by atomic mass is 10.1. The van der Waals surface area contributed by atoms with Gasteiger partial charge in [-0.2, -0.15) is 0 Å². The number of rotatable bonds is 8. The Kier molecular flexibility index (Phi) is 7.46. The van der Waals surface area contributed by atoms with Crippen molar-refractivity contribution in [3.05, 3.63) is 70.2 Å². The van der Waals surface area contributed by atoms with Crippen LogP contribution in [-0.2, 0) is 23.6 Å². The van der Waals surface area contributed by atoms with E-state index in [1.165, 1.54) is 0 Å². The zero-order chi connectivity index (χ0) is 16.5. The molecule has 0 aliphatic carbocycles. The monoisotopic (exact) mass is 349 g/mol. The summed E-state index contributed by atoms with van der Waals surface area (Å²) in [7, 11) is 0. The minimum Gasteiger partial charge on any atom is -0.392 e. The van der Waals surface area contributed by atoms with Gasteiger partial charge in [-0.15, -0.1) is 11.8 Å². The highest BCUT2D eigenvalue weighted by atomic mass is 35.5. The van der Waals surface area contributed by atoms with Gasteiger partial charge in [-0.3, -0.25) is 4.79 Å². The highest BCUT2D eigenvalue weighted by Gasteiger charge is 2.02. The lowest BCUT2D eigenvalue weighted by Crippen LogP contribution is -2.27. The van der Waals surface area contributed by atoms with E-state index in [1.807, 2.05) is 48.5 Å². The summed E-state index contributed by atoms with van der Waals surface area (Å²) in [6.07, 6.45) is 0.791. The second-order valence-electron chi connectivity index (χ2n) is 5.19. The van der Waals surface area contributed by atoms with Gasteiger partial charge in [0.05, 0.1) is 12.4 Å². The van der Waals surface area contributed by atoms with Crippen LogP contribution in [-0.4, -0.2) is 23.3 Å². The Morgan fingerprint density at radius 3 is 2.26 bits per heavy atom. The second kappa shape index (κ2) is 9.60. The van der Waals surface area contributed by atoms with Crippen LogP contribution in [0.5, 0.6) is 0 Å². The van der Waals surface area contributed by atoms with E-state index < -0.39 is 0 Å². The zero-order valence-corrected chi connectivity index (χ0v) is 14.4. The van der Waals surface area contributed by atoms with Gasteiger partial charge in [0.15, 0.2) is 0 Å². The van der Waals surface area contributed by atoms with Crippen LogP contribution in [0, 0.1) is 0 Å². The van der Waals surface area contributed by atoms with E-state index in [0.717, 1.165) is 33.9 Å². The van der Waals surface area contributed by atoms with Gasteiger partial charge in [0.1, 0.15) is 0 Å². The van der Waals surface area contributed by atoms with Crippen LogP contribution >= 0.6 is 23.4 Å². The molecule has 5 heteroatoms. The maximum atomic E-state index is 11.8. The van der Waals surface area contributed by atoms with E-state index in [0.29, 0.717) is 12.3 Å². The number of hydrogen-bond acceptors (Lipinski definition) is 3. The number of nitrogens with one attached hydrogen (secondary N) is 1. The van der Waals surface area contributed by atoms with Crippen LogP contribution in [0.1, 0.15) is 16.7 Å². The molecule has 122 valence electrons. The molecule has 0 unspecified atom stereocenters. The average Bonchev–Trinajstić information content (AvgIpc) is 2.57. The second-order valence-corrected chi connectivity index (χ2v) is 6.62. The Labute approximate surface area is 146 Å². The smallest absolute Gasteiger partial charge is 0.230 e. The van der Waals surface area contributed by atoms with Crippen molar-refractivity contribution in [2.24, 2.45) is 0 Å². The molecule has 0 saturated heterocycles. The molecule has 23 heavy (non-hydrogen) atoms. The number of carbonyl (C=O) groups is 1. The molecule has 3 nitrogen and oxygen atoms in total. The molecule has 0 aliphatic rings. The summed E-state index contributed by atoms with van der Waals surface area (Å²) in [6, 6.07) is 15.4. The fraction of sp³-hybridized carbons (Fsp3) is 0.278. The molecule has 0 atom stereocenters. The van der Waals surface area contributed by atoms with Crippen LogP contribution in [0.2, 0.25) is 5.02 Å². The van der Waals surface area contributed by atoms with Gasteiger partial charge in [0.25, 0.3) is 0 Å². The zero-order valence-electron chi connectivity index (χ0n) is 12.8. The molecule has 0 bridgehead atoms. The number of aliphatic hydroxyl groups excluding tert-OH is 1. The van der Waals surface area contributed by atoms with Crippen LogP contribution in [0.25, 0.3) is 0 Å². The summed E-state index contributed by atoms with van der Waals surface area (Å²) in [4.78, 5) is 11.8. The minimum atomic E-state index is 0.0518. The average molecular weight is 350 g/mol. The quantitative estimate of drug-likeness (QED) is 0.767. The van der Waals surface area contributed by atoms with Crippen LogP contribution in [0.3, 0.4) is 0 Å². The van der Waals surface area contributed by atoms with Gasteiger partial charge < -0.3 is 10.4 Å². The van der Waals surface area contributed by atoms with E-state index in [1.54, 1.807) is 11.8 Å². The van der Waals surface area contributed by atoms with E-state index in [2.05, 4.69) is 5.32 Å². The Balaban J connectivity index is 1.62. The molecule has 1 amide bonds. The van der Waals surface area contributed by atoms with Crippen molar-refractivity contribution in [3.63, 3.8) is 0 Å². The fourth-order valence-corrected chi connectivity index (χ4v) is 2.99. The summed E-state index contributed by atoms with van der Waals surface area (Å²) in [5.41, 5.74) is 3.21. The molecular formula is C18H20ClNO2S. The summed E-state index contributed by atoms with van der Waals surface area (Å²) >= 11 is 7.43. The van der Waals surface area contributed by atoms with Crippen molar-refractivity contribution in [2.75, 3.05) is 12.3 Å². The first-order valence-electron chi connectivity index (χ1n) is 7.45. The first-order valence-corrected chi connectivity index (χ1v) is 8.98. The Bertz CT molecular complexity index is 614. The van der Waals surface area contributed by atoms with Gasteiger partial charge in [-0.1, -0.05) is 48.0 Å². The third-order valence-corrected chi connectivity index (χ3v) is 4.61. The lowest BCUT2D eigenvalue weighted by molar-refractivity contribution is -0.118. The molecule has 2 aromatic rings. The van der Waals surface area contributed by atoms with Crippen molar-refractivity contribution < 1.29 is 9.90 Å². The predicted octanol–water partition coefficient (Wildman–Crippen LogP) is 3.42. The highest BCUT2D eigenvalue weighted by Crippen LogP contribution is 2.15. The van der Waals surface area contributed by atoms with E-state index >= 15 is 0 Å². The molecule has 0 aliphatic heterocycles. The number of hydrogen-bond donors (Lipinski definition) is 2. The highest BCUT2D eigenvalue weighted by molar-refractivity contribution is 7.99. The van der Waals surface area contributed by atoms with Crippen molar-refractivity contribution >= 4 is 29.3 Å². The predicted molar refractivity (Wildman–Crippen MR) is 96.7 cm³/mol. The first kappa shape index (κ1) is 17.9. The summed E-state index contributed by atoms with van der Waals surface area (Å²) in [5.74, 6) is 1.30. The van der Waals surface area contributed by atoms with Gasteiger partial charge in [0, 0.05) is 17.3 Å². The van der Waals surface area contributed by atoms with Crippen LogP contribution in [0.15, 0.2) is 48.5 Å². The molecule has 0 radical (unpaired) electrons. The number of benzene rings is 2.